The number of hydrogen-bond donors (Lipinski definition) is 0. The van der Waals surface area contributed by atoms with Gasteiger partial charge < -0.3 is 0 Å². The summed E-state index contributed by atoms with van der Waals surface area (Å²) in [5.41, 5.74) is 0.913. The van der Waals surface area contributed by atoms with E-state index in [2.05, 4.69) is 42.9 Å². The van der Waals surface area contributed by atoms with Crippen LogP contribution in [0.4, 0.5) is 0 Å². The van der Waals surface area contributed by atoms with Crippen molar-refractivity contribution in [2.24, 2.45) is 0 Å². The van der Waals surface area contributed by atoms with Crippen molar-refractivity contribution in [2.45, 2.75) is 57.4 Å². The molecule has 0 saturated carbocycles. The molecule has 2 aromatic heterocycles. The normalized spacial score (nSPS) is 12.0. The van der Waals surface area contributed by atoms with E-state index in [4.69, 9.17) is 4.98 Å². The van der Waals surface area contributed by atoms with E-state index in [9.17, 15) is 9.59 Å². The molecule has 2 heterocycles. The molecule has 8 nitrogen and oxygen atoms in total. The first-order valence-electron chi connectivity index (χ1n) is 11.1. The summed E-state index contributed by atoms with van der Waals surface area (Å²) in [7, 11) is 0. The molecule has 0 radical (unpaired) electrons. The molecule has 0 fully saturated rings. The van der Waals surface area contributed by atoms with Crippen LogP contribution in [0.5, 0.6) is 0 Å². The number of aromatic nitrogens is 5. The largest absolute Gasteiger partial charge is 0.297 e. The van der Waals surface area contributed by atoms with Gasteiger partial charge >= 0.3 is 0 Å². The average Bonchev–Trinajstić information content (AvgIpc) is 2.80. The van der Waals surface area contributed by atoms with Crippen LogP contribution in [-0.2, 0) is 12.4 Å². The lowest BCUT2D eigenvalue weighted by Gasteiger charge is -2.30. The SMILES string of the molecule is CC(C)N(CCn1c(SCn2nnc3ccccc3c2=O)nc2ccccc2c1=O)C(C)C. The Hall–Kier alpha value is -3.04. The third kappa shape index (κ3) is 4.84. The van der Waals surface area contributed by atoms with Crippen molar-refractivity contribution in [3.63, 3.8) is 0 Å². The zero-order chi connectivity index (χ0) is 23.5. The Morgan fingerprint density at radius 3 is 2.15 bits per heavy atom. The Morgan fingerprint density at radius 1 is 0.879 bits per heavy atom. The van der Waals surface area contributed by atoms with Gasteiger partial charge in [-0.15, -0.1) is 5.10 Å². The summed E-state index contributed by atoms with van der Waals surface area (Å²) in [6, 6.07) is 15.2. The molecule has 0 atom stereocenters. The molecular formula is C24H28N6O2S. The van der Waals surface area contributed by atoms with Gasteiger partial charge in [0.15, 0.2) is 5.16 Å². The fraction of sp³-hybridized carbons (Fsp3) is 0.375. The number of fused-ring (bicyclic) bond motifs is 2. The first-order valence-corrected chi connectivity index (χ1v) is 12.1. The molecule has 0 aliphatic heterocycles. The maximum Gasteiger partial charge on any atom is 0.278 e. The molecule has 4 rings (SSSR count). The molecule has 4 aromatic rings. The van der Waals surface area contributed by atoms with E-state index < -0.39 is 0 Å². The number of thioether (sulfide) groups is 1. The van der Waals surface area contributed by atoms with Crippen molar-refractivity contribution in [3.05, 3.63) is 69.2 Å². The second-order valence-electron chi connectivity index (χ2n) is 8.48. The highest BCUT2D eigenvalue weighted by molar-refractivity contribution is 7.98. The Morgan fingerprint density at radius 2 is 1.48 bits per heavy atom. The fourth-order valence-corrected chi connectivity index (χ4v) is 4.91. The predicted octanol–water partition coefficient (Wildman–Crippen LogP) is 3.37. The summed E-state index contributed by atoms with van der Waals surface area (Å²) in [5.74, 6) is 0.208. The highest BCUT2D eigenvalue weighted by Gasteiger charge is 2.17. The lowest BCUT2D eigenvalue weighted by atomic mass is 10.2. The summed E-state index contributed by atoms with van der Waals surface area (Å²) in [4.78, 5) is 33.3. The van der Waals surface area contributed by atoms with Gasteiger partial charge in [0.1, 0.15) is 5.52 Å². The van der Waals surface area contributed by atoms with Gasteiger partial charge in [0.25, 0.3) is 11.1 Å². The zero-order valence-electron chi connectivity index (χ0n) is 19.3. The Balaban J connectivity index is 1.69. The van der Waals surface area contributed by atoms with Crippen LogP contribution in [0.1, 0.15) is 27.7 Å². The fourth-order valence-electron chi connectivity index (χ4n) is 4.01. The maximum absolute atomic E-state index is 13.3. The van der Waals surface area contributed by atoms with Crippen LogP contribution in [0.2, 0.25) is 0 Å². The topological polar surface area (TPSA) is 85.9 Å². The minimum Gasteiger partial charge on any atom is -0.297 e. The van der Waals surface area contributed by atoms with Gasteiger partial charge in [0, 0.05) is 25.2 Å². The number of para-hydroxylation sites is 1. The van der Waals surface area contributed by atoms with E-state index in [1.807, 2.05) is 24.3 Å². The molecule has 0 amide bonds. The molecule has 172 valence electrons. The quantitative estimate of drug-likeness (QED) is 0.292. The highest BCUT2D eigenvalue weighted by Crippen LogP contribution is 2.19. The summed E-state index contributed by atoms with van der Waals surface area (Å²) in [6.07, 6.45) is 0. The van der Waals surface area contributed by atoms with E-state index in [1.165, 1.54) is 16.4 Å². The van der Waals surface area contributed by atoms with Gasteiger partial charge in [-0.05, 0) is 52.0 Å². The molecule has 0 N–H and O–H groups in total. The zero-order valence-corrected chi connectivity index (χ0v) is 20.1. The second-order valence-corrected chi connectivity index (χ2v) is 9.39. The van der Waals surface area contributed by atoms with Crippen LogP contribution in [0.3, 0.4) is 0 Å². The standard InChI is InChI=1S/C24H28N6O2S/c1-16(2)28(17(3)4)13-14-29-22(31)18-9-5-7-11-20(18)25-24(29)33-15-30-23(32)19-10-6-8-12-21(19)26-27-30/h5-12,16-17H,13-15H2,1-4H3. The Kier molecular flexibility index (Phi) is 6.90. The number of rotatable bonds is 8. The van der Waals surface area contributed by atoms with Crippen LogP contribution in [0.15, 0.2) is 63.3 Å². The molecule has 0 bridgehead atoms. The van der Waals surface area contributed by atoms with E-state index >= 15 is 0 Å². The third-order valence-electron chi connectivity index (χ3n) is 5.68. The van der Waals surface area contributed by atoms with Gasteiger partial charge in [-0.1, -0.05) is 41.2 Å². The van der Waals surface area contributed by atoms with Gasteiger partial charge in [-0.2, -0.15) is 4.68 Å². The molecule has 0 unspecified atom stereocenters. The van der Waals surface area contributed by atoms with Crippen molar-refractivity contribution in [1.82, 2.24) is 29.4 Å². The van der Waals surface area contributed by atoms with Crippen LogP contribution in [0, 0.1) is 0 Å². The molecule has 0 spiro atoms. The van der Waals surface area contributed by atoms with E-state index in [0.717, 1.165) is 6.54 Å². The molecule has 0 saturated heterocycles. The monoisotopic (exact) mass is 464 g/mol. The molecular weight excluding hydrogens is 436 g/mol. The lowest BCUT2D eigenvalue weighted by Crippen LogP contribution is -2.40. The van der Waals surface area contributed by atoms with Gasteiger partial charge in [0.2, 0.25) is 0 Å². The van der Waals surface area contributed by atoms with Gasteiger partial charge in [-0.3, -0.25) is 19.1 Å². The van der Waals surface area contributed by atoms with Gasteiger partial charge in [-0.25, -0.2) is 4.98 Å². The van der Waals surface area contributed by atoms with Crippen molar-refractivity contribution in [2.75, 3.05) is 6.54 Å². The van der Waals surface area contributed by atoms with Crippen molar-refractivity contribution >= 4 is 33.6 Å². The minimum atomic E-state index is -0.214. The van der Waals surface area contributed by atoms with E-state index in [0.29, 0.717) is 45.6 Å². The summed E-state index contributed by atoms with van der Waals surface area (Å²) in [5, 5.41) is 9.88. The number of hydrogen-bond acceptors (Lipinski definition) is 7. The van der Waals surface area contributed by atoms with Crippen LogP contribution in [0.25, 0.3) is 21.8 Å². The van der Waals surface area contributed by atoms with Crippen LogP contribution < -0.4 is 11.1 Å². The molecule has 0 aliphatic rings. The summed E-state index contributed by atoms with van der Waals surface area (Å²) in [6.45, 7) is 9.85. The summed E-state index contributed by atoms with van der Waals surface area (Å²) >= 11 is 1.31. The smallest absolute Gasteiger partial charge is 0.278 e. The average molecular weight is 465 g/mol. The predicted molar refractivity (Wildman–Crippen MR) is 133 cm³/mol. The highest BCUT2D eigenvalue weighted by atomic mass is 32.2. The van der Waals surface area contributed by atoms with Crippen LogP contribution >= 0.6 is 11.8 Å². The lowest BCUT2D eigenvalue weighted by molar-refractivity contribution is 0.166. The first-order chi connectivity index (χ1) is 15.9. The van der Waals surface area contributed by atoms with Crippen molar-refractivity contribution < 1.29 is 0 Å². The number of nitrogens with zero attached hydrogens (tertiary/aromatic N) is 6. The Bertz CT molecular complexity index is 1390. The van der Waals surface area contributed by atoms with Gasteiger partial charge in [0.05, 0.1) is 22.2 Å². The number of benzene rings is 2. The Labute approximate surface area is 196 Å². The van der Waals surface area contributed by atoms with Crippen molar-refractivity contribution in [3.8, 4) is 0 Å². The first kappa shape index (κ1) is 23.1. The third-order valence-corrected chi connectivity index (χ3v) is 6.62. The second kappa shape index (κ2) is 9.84. The molecule has 0 aliphatic carbocycles. The molecule has 33 heavy (non-hydrogen) atoms. The van der Waals surface area contributed by atoms with E-state index in [1.54, 1.807) is 28.8 Å². The molecule has 2 aromatic carbocycles. The minimum absolute atomic E-state index is 0.0764. The van der Waals surface area contributed by atoms with E-state index in [-0.39, 0.29) is 17.0 Å². The molecule has 9 heteroatoms. The van der Waals surface area contributed by atoms with Crippen molar-refractivity contribution in [1.29, 1.82) is 0 Å². The van der Waals surface area contributed by atoms with Crippen LogP contribution in [-0.4, -0.2) is 48.1 Å². The maximum atomic E-state index is 13.3. The summed E-state index contributed by atoms with van der Waals surface area (Å²) < 4.78 is 3.03.